The van der Waals surface area contributed by atoms with E-state index >= 15 is 0 Å². The van der Waals surface area contributed by atoms with Crippen molar-refractivity contribution in [2.24, 2.45) is 5.73 Å². The van der Waals surface area contributed by atoms with Crippen LogP contribution in [0.2, 0.25) is 0 Å². The lowest BCUT2D eigenvalue weighted by Gasteiger charge is -2.09. The smallest absolute Gasteiger partial charge is 0.251 e. The maximum absolute atomic E-state index is 12.1. The van der Waals surface area contributed by atoms with Gasteiger partial charge in [-0.15, -0.1) is 0 Å². The van der Waals surface area contributed by atoms with Gasteiger partial charge < -0.3 is 11.1 Å². The van der Waals surface area contributed by atoms with Crippen LogP contribution in [0.1, 0.15) is 27.0 Å². The van der Waals surface area contributed by atoms with Crippen LogP contribution in [0.5, 0.6) is 0 Å². The van der Waals surface area contributed by atoms with Gasteiger partial charge in [-0.05, 0) is 47.9 Å². The molecule has 0 spiro atoms. The molecule has 0 saturated carbocycles. The standard InChI is InChI=1S/C16H17BrN2O/c1-11-2-7-15(17)8-14(11)10-19-16(20)13-5-3-12(9-18)4-6-13/h2-8H,9-10,18H2,1H3,(H,19,20). The van der Waals surface area contributed by atoms with E-state index in [0.29, 0.717) is 18.7 Å². The molecule has 104 valence electrons. The van der Waals surface area contributed by atoms with E-state index in [9.17, 15) is 4.79 Å². The van der Waals surface area contributed by atoms with Crippen molar-refractivity contribution in [3.63, 3.8) is 0 Å². The quantitative estimate of drug-likeness (QED) is 0.903. The molecular weight excluding hydrogens is 316 g/mol. The molecule has 0 saturated heterocycles. The third-order valence-electron chi connectivity index (χ3n) is 3.20. The first-order valence-electron chi connectivity index (χ1n) is 6.42. The number of nitrogens with one attached hydrogen (secondary N) is 1. The molecule has 4 heteroatoms. The molecule has 2 rings (SSSR count). The van der Waals surface area contributed by atoms with Crippen molar-refractivity contribution in [1.29, 1.82) is 0 Å². The van der Waals surface area contributed by atoms with Gasteiger partial charge in [-0.25, -0.2) is 0 Å². The lowest BCUT2D eigenvalue weighted by atomic mass is 10.1. The van der Waals surface area contributed by atoms with Gasteiger partial charge in [0.05, 0.1) is 0 Å². The maximum atomic E-state index is 12.1. The second-order valence-electron chi connectivity index (χ2n) is 4.65. The maximum Gasteiger partial charge on any atom is 0.251 e. The Morgan fingerprint density at radius 2 is 1.90 bits per heavy atom. The molecule has 1 amide bonds. The van der Waals surface area contributed by atoms with Crippen molar-refractivity contribution in [3.05, 3.63) is 69.2 Å². The van der Waals surface area contributed by atoms with Crippen molar-refractivity contribution in [2.75, 3.05) is 0 Å². The first kappa shape index (κ1) is 14.8. The number of hydrogen-bond donors (Lipinski definition) is 2. The minimum Gasteiger partial charge on any atom is -0.348 e. The predicted octanol–water partition coefficient (Wildman–Crippen LogP) is 3.15. The van der Waals surface area contributed by atoms with Crippen molar-refractivity contribution in [1.82, 2.24) is 5.32 Å². The number of halogens is 1. The molecule has 20 heavy (non-hydrogen) atoms. The van der Waals surface area contributed by atoms with Crippen LogP contribution < -0.4 is 11.1 Å². The molecule has 2 aromatic rings. The van der Waals surface area contributed by atoms with E-state index in [4.69, 9.17) is 5.73 Å². The molecule has 3 N–H and O–H groups in total. The van der Waals surface area contributed by atoms with Crippen LogP contribution in [0.3, 0.4) is 0 Å². The van der Waals surface area contributed by atoms with E-state index in [0.717, 1.165) is 21.2 Å². The highest BCUT2D eigenvalue weighted by Gasteiger charge is 2.06. The van der Waals surface area contributed by atoms with Gasteiger partial charge in [0.1, 0.15) is 0 Å². The van der Waals surface area contributed by atoms with Crippen molar-refractivity contribution < 1.29 is 4.79 Å². The fourth-order valence-electron chi connectivity index (χ4n) is 1.90. The summed E-state index contributed by atoms with van der Waals surface area (Å²) < 4.78 is 1.01. The first-order valence-corrected chi connectivity index (χ1v) is 7.21. The monoisotopic (exact) mass is 332 g/mol. The predicted molar refractivity (Wildman–Crippen MR) is 84.4 cm³/mol. The van der Waals surface area contributed by atoms with Gasteiger partial charge >= 0.3 is 0 Å². The van der Waals surface area contributed by atoms with Gasteiger partial charge in [0.15, 0.2) is 0 Å². The highest BCUT2D eigenvalue weighted by atomic mass is 79.9. The van der Waals surface area contributed by atoms with Crippen molar-refractivity contribution >= 4 is 21.8 Å². The Labute approximate surface area is 127 Å². The van der Waals surface area contributed by atoms with E-state index in [1.807, 2.05) is 37.3 Å². The Balaban J connectivity index is 2.02. The van der Waals surface area contributed by atoms with Crippen LogP contribution in [0.25, 0.3) is 0 Å². The molecule has 0 atom stereocenters. The summed E-state index contributed by atoms with van der Waals surface area (Å²) in [4.78, 5) is 12.1. The number of hydrogen-bond acceptors (Lipinski definition) is 2. The van der Waals surface area contributed by atoms with Crippen LogP contribution in [-0.2, 0) is 13.1 Å². The molecule has 0 aromatic heterocycles. The fourth-order valence-corrected chi connectivity index (χ4v) is 2.31. The lowest BCUT2D eigenvalue weighted by Crippen LogP contribution is -2.23. The highest BCUT2D eigenvalue weighted by molar-refractivity contribution is 9.10. The van der Waals surface area contributed by atoms with Gasteiger partial charge in [0, 0.05) is 23.1 Å². The van der Waals surface area contributed by atoms with Gasteiger partial charge in [-0.2, -0.15) is 0 Å². The van der Waals surface area contributed by atoms with Gasteiger partial charge in [0.2, 0.25) is 0 Å². The van der Waals surface area contributed by atoms with Gasteiger partial charge in [0.25, 0.3) is 5.91 Å². The van der Waals surface area contributed by atoms with Crippen molar-refractivity contribution in [3.8, 4) is 0 Å². The van der Waals surface area contributed by atoms with E-state index in [1.165, 1.54) is 0 Å². The fraction of sp³-hybridized carbons (Fsp3) is 0.188. The summed E-state index contributed by atoms with van der Waals surface area (Å²) in [7, 11) is 0. The van der Waals surface area contributed by atoms with E-state index in [2.05, 4.69) is 21.2 Å². The molecule has 0 heterocycles. The molecule has 2 aromatic carbocycles. The SMILES string of the molecule is Cc1ccc(Br)cc1CNC(=O)c1ccc(CN)cc1. The minimum atomic E-state index is -0.0760. The zero-order valence-electron chi connectivity index (χ0n) is 11.3. The van der Waals surface area contributed by atoms with Crippen LogP contribution >= 0.6 is 15.9 Å². The van der Waals surface area contributed by atoms with Gasteiger partial charge in [-0.1, -0.05) is 34.1 Å². The van der Waals surface area contributed by atoms with E-state index in [1.54, 1.807) is 12.1 Å². The second-order valence-corrected chi connectivity index (χ2v) is 5.57. The number of carbonyl (C=O) groups is 1. The average Bonchev–Trinajstić information content (AvgIpc) is 2.48. The number of aryl methyl sites for hydroxylation is 1. The summed E-state index contributed by atoms with van der Waals surface area (Å²) in [5.41, 5.74) is 9.46. The molecule has 0 radical (unpaired) electrons. The molecule has 0 bridgehead atoms. The van der Waals surface area contributed by atoms with Crippen molar-refractivity contribution in [2.45, 2.75) is 20.0 Å². The third-order valence-corrected chi connectivity index (χ3v) is 3.70. The Hall–Kier alpha value is -1.65. The molecule has 0 fully saturated rings. The number of amides is 1. The summed E-state index contributed by atoms with van der Waals surface area (Å²) in [5, 5.41) is 2.93. The molecule has 3 nitrogen and oxygen atoms in total. The molecule has 0 aliphatic carbocycles. The van der Waals surface area contributed by atoms with Crippen LogP contribution in [-0.4, -0.2) is 5.91 Å². The topological polar surface area (TPSA) is 55.1 Å². The Morgan fingerprint density at radius 3 is 2.55 bits per heavy atom. The van der Waals surface area contributed by atoms with Crippen LogP contribution in [0, 0.1) is 6.92 Å². The summed E-state index contributed by atoms with van der Waals surface area (Å²) in [5.74, 6) is -0.0760. The Kier molecular flexibility index (Phi) is 4.93. The highest BCUT2D eigenvalue weighted by Crippen LogP contribution is 2.16. The lowest BCUT2D eigenvalue weighted by molar-refractivity contribution is 0.0951. The second kappa shape index (κ2) is 6.68. The number of rotatable bonds is 4. The third kappa shape index (κ3) is 3.68. The van der Waals surface area contributed by atoms with E-state index < -0.39 is 0 Å². The zero-order valence-corrected chi connectivity index (χ0v) is 12.9. The normalized spacial score (nSPS) is 10.3. The first-order chi connectivity index (χ1) is 9.60. The summed E-state index contributed by atoms with van der Waals surface area (Å²) in [6.07, 6.45) is 0. The average molecular weight is 333 g/mol. The molecule has 0 unspecified atom stereocenters. The summed E-state index contributed by atoms with van der Waals surface area (Å²) >= 11 is 3.44. The zero-order chi connectivity index (χ0) is 14.5. The largest absolute Gasteiger partial charge is 0.348 e. The Morgan fingerprint density at radius 1 is 1.20 bits per heavy atom. The number of benzene rings is 2. The minimum absolute atomic E-state index is 0.0760. The summed E-state index contributed by atoms with van der Waals surface area (Å²) in [6, 6.07) is 13.4. The van der Waals surface area contributed by atoms with Crippen LogP contribution in [0.15, 0.2) is 46.9 Å². The Bertz CT molecular complexity index is 608. The molecule has 0 aliphatic heterocycles. The van der Waals surface area contributed by atoms with Crippen LogP contribution in [0.4, 0.5) is 0 Å². The number of nitrogens with two attached hydrogens (primary N) is 1. The molecule has 0 aliphatic rings. The molecular formula is C16H17BrN2O. The summed E-state index contributed by atoms with van der Waals surface area (Å²) in [6.45, 7) is 3.03. The van der Waals surface area contributed by atoms with Gasteiger partial charge in [-0.3, -0.25) is 4.79 Å². The van der Waals surface area contributed by atoms with E-state index in [-0.39, 0.29) is 5.91 Å². The number of carbonyl (C=O) groups excluding carboxylic acids is 1.